The van der Waals surface area contributed by atoms with E-state index in [9.17, 15) is 4.79 Å². The maximum atomic E-state index is 12.5. The molecule has 0 saturated carbocycles. The largest absolute Gasteiger partial charge is 0.396 e. The van der Waals surface area contributed by atoms with Crippen molar-refractivity contribution in [3.63, 3.8) is 0 Å². The van der Waals surface area contributed by atoms with E-state index >= 15 is 0 Å². The second kappa shape index (κ2) is 5.72. The van der Waals surface area contributed by atoms with Crippen LogP contribution in [0.4, 0.5) is 5.69 Å². The molecule has 0 spiro atoms. The molecule has 4 heteroatoms. The van der Waals surface area contributed by atoms with E-state index in [1.54, 1.807) is 0 Å². The van der Waals surface area contributed by atoms with Crippen LogP contribution in [-0.4, -0.2) is 36.2 Å². The van der Waals surface area contributed by atoms with E-state index in [1.807, 2.05) is 30.9 Å². The molecule has 1 aromatic rings. The summed E-state index contributed by atoms with van der Waals surface area (Å²) in [5, 5.41) is 12.2. The van der Waals surface area contributed by atoms with Gasteiger partial charge < -0.3 is 15.3 Å². The van der Waals surface area contributed by atoms with Crippen molar-refractivity contribution < 1.29 is 9.90 Å². The van der Waals surface area contributed by atoms with Gasteiger partial charge in [0.15, 0.2) is 0 Å². The lowest BCUT2D eigenvalue weighted by molar-refractivity contribution is -0.122. The van der Waals surface area contributed by atoms with E-state index < -0.39 is 0 Å². The van der Waals surface area contributed by atoms with Crippen LogP contribution in [0, 0.1) is 13.8 Å². The zero-order chi connectivity index (χ0) is 14.0. The third-order valence-corrected chi connectivity index (χ3v) is 3.89. The van der Waals surface area contributed by atoms with Gasteiger partial charge in [0.05, 0.1) is 6.04 Å². The van der Waals surface area contributed by atoms with E-state index in [0.717, 1.165) is 17.8 Å². The second-order valence-electron chi connectivity index (χ2n) is 5.25. The molecule has 0 radical (unpaired) electrons. The molecule has 2 rings (SSSR count). The molecule has 2 unspecified atom stereocenters. The molecule has 1 aliphatic rings. The number of hydrogen-bond acceptors (Lipinski definition) is 3. The highest BCUT2D eigenvalue weighted by Gasteiger charge is 2.34. The van der Waals surface area contributed by atoms with Gasteiger partial charge in [0.2, 0.25) is 5.91 Å². The SMILES string of the molecule is Cc1cccc(N2C(=O)C(CCO)NCC2C)c1C. The normalized spacial score (nSPS) is 23.8. The number of rotatable bonds is 3. The third-order valence-electron chi connectivity index (χ3n) is 3.89. The first-order valence-corrected chi connectivity index (χ1v) is 6.79. The molecule has 2 N–H and O–H groups in total. The first-order valence-electron chi connectivity index (χ1n) is 6.79. The molecule has 1 amide bonds. The van der Waals surface area contributed by atoms with Crippen molar-refractivity contribution in [1.82, 2.24) is 5.32 Å². The van der Waals surface area contributed by atoms with Gasteiger partial charge in [-0.05, 0) is 44.4 Å². The fourth-order valence-electron chi connectivity index (χ4n) is 2.58. The number of hydrogen-bond donors (Lipinski definition) is 2. The first-order chi connectivity index (χ1) is 9.06. The Morgan fingerprint density at radius 1 is 1.42 bits per heavy atom. The second-order valence-corrected chi connectivity index (χ2v) is 5.25. The van der Waals surface area contributed by atoms with E-state index in [0.29, 0.717) is 6.42 Å². The maximum absolute atomic E-state index is 12.5. The number of aliphatic hydroxyl groups excluding tert-OH is 1. The Morgan fingerprint density at radius 3 is 2.84 bits per heavy atom. The van der Waals surface area contributed by atoms with Gasteiger partial charge in [-0.3, -0.25) is 4.79 Å². The zero-order valence-electron chi connectivity index (χ0n) is 11.8. The molecule has 104 valence electrons. The van der Waals surface area contributed by atoms with Crippen LogP contribution in [0.25, 0.3) is 0 Å². The molecule has 1 heterocycles. The van der Waals surface area contributed by atoms with Crippen LogP contribution in [0.3, 0.4) is 0 Å². The quantitative estimate of drug-likeness (QED) is 0.865. The monoisotopic (exact) mass is 262 g/mol. The highest BCUT2D eigenvalue weighted by Crippen LogP contribution is 2.27. The van der Waals surface area contributed by atoms with Crippen molar-refractivity contribution in [2.75, 3.05) is 18.1 Å². The molecule has 1 fully saturated rings. The van der Waals surface area contributed by atoms with Gasteiger partial charge in [-0.25, -0.2) is 0 Å². The molecule has 1 saturated heterocycles. The molecule has 1 aromatic carbocycles. The average Bonchev–Trinajstić information content (AvgIpc) is 2.38. The van der Waals surface area contributed by atoms with Gasteiger partial charge in [-0.1, -0.05) is 12.1 Å². The summed E-state index contributed by atoms with van der Waals surface area (Å²) in [6.07, 6.45) is 0.465. The minimum Gasteiger partial charge on any atom is -0.396 e. The minimum absolute atomic E-state index is 0.0262. The molecule has 0 bridgehead atoms. The Hall–Kier alpha value is -1.39. The lowest BCUT2D eigenvalue weighted by Crippen LogP contribution is -2.60. The summed E-state index contributed by atoms with van der Waals surface area (Å²) in [6, 6.07) is 5.89. The highest BCUT2D eigenvalue weighted by atomic mass is 16.3. The summed E-state index contributed by atoms with van der Waals surface area (Å²) in [5.74, 6) is 0.0569. The molecule has 0 aromatic heterocycles. The third kappa shape index (κ3) is 2.65. The molecule has 2 atom stereocenters. The molecule has 0 aliphatic carbocycles. The van der Waals surface area contributed by atoms with Gasteiger partial charge in [0, 0.05) is 24.9 Å². The van der Waals surface area contributed by atoms with Crippen LogP contribution in [0.2, 0.25) is 0 Å². The maximum Gasteiger partial charge on any atom is 0.244 e. The number of aliphatic hydroxyl groups is 1. The van der Waals surface area contributed by atoms with Crippen LogP contribution in [0.1, 0.15) is 24.5 Å². The van der Waals surface area contributed by atoms with Crippen molar-refractivity contribution in [2.45, 2.75) is 39.3 Å². The Kier molecular flexibility index (Phi) is 4.22. The minimum atomic E-state index is -0.277. The van der Waals surface area contributed by atoms with E-state index in [4.69, 9.17) is 5.11 Å². The predicted octanol–water partition coefficient (Wildman–Crippen LogP) is 1.38. The Morgan fingerprint density at radius 2 is 2.16 bits per heavy atom. The fraction of sp³-hybridized carbons (Fsp3) is 0.533. The number of nitrogens with one attached hydrogen (secondary N) is 1. The van der Waals surface area contributed by atoms with Crippen LogP contribution >= 0.6 is 0 Å². The number of amides is 1. The predicted molar refractivity (Wildman–Crippen MR) is 76.4 cm³/mol. The molecular weight excluding hydrogens is 240 g/mol. The van der Waals surface area contributed by atoms with Crippen molar-refractivity contribution in [3.8, 4) is 0 Å². The summed E-state index contributed by atoms with van der Waals surface area (Å²) in [4.78, 5) is 14.4. The smallest absolute Gasteiger partial charge is 0.244 e. The zero-order valence-corrected chi connectivity index (χ0v) is 11.8. The topological polar surface area (TPSA) is 52.6 Å². The number of carbonyl (C=O) groups excluding carboxylic acids is 1. The molecule has 1 aliphatic heterocycles. The van der Waals surface area contributed by atoms with Crippen molar-refractivity contribution in [3.05, 3.63) is 29.3 Å². The first kappa shape index (κ1) is 14.0. The van der Waals surface area contributed by atoms with E-state index in [-0.39, 0.29) is 24.6 Å². The van der Waals surface area contributed by atoms with E-state index in [2.05, 4.69) is 18.3 Å². The summed E-state index contributed by atoms with van der Waals surface area (Å²) in [6.45, 7) is 6.93. The van der Waals surface area contributed by atoms with Crippen molar-refractivity contribution in [1.29, 1.82) is 0 Å². The number of carbonyl (C=O) groups is 1. The van der Waals surface area contributed by atoms with Crippen LogP contribution in [0.5, 0.6) is 0 Å². The van der Waals surface area contributed by atoms with E-state index in [1.165, 1.54) is 5.56 Å². The van der Waals surface area contributed by atoms with Crippen LogP contribution in [0.15, 0.2) is 18.2 Å². The van der Waals surface area contributed by atoms with Gasteiger partial charge in [-0.15, -0.1) is 0 Å². The summed E-state index contributed by atoms with van der Waals surface area (Å²) < 4.78 is 0. The highest BCUT2D eigenvalue weighted by molar-refractivity contribution is 5.99. The van der Waals surface area contributed by atoms with Crippen molar-refractivity contribution >= 4 is 11.6 Å². The van der Waals surface area contributed by atoms with Gasteiger partial charge in [0.1, 0.15) is 0 Å². The summed E-state index contributed by atoms with van der Waals surface area (Å²) >= 11 is 0. The summed E-state index contributed by atoms with van der Waals surface area (Å²) in [7, 11) is 0. The molecule has 19 heavy (non-hydrogen) atoms. The van der Waals surface area contributed by atoms with Crippen LogP contribution < -0.4 is 10.2 Å². The van der Waals surface area contributed by atoms with Crippen LogP contribution in [-0.2, 0) is 4.79 Å². The van der Waals surface area contributed by atoms with Crippen molar-refractivity contribution in [2.24, 2.45) is 0 Å². The standard InChI is InChI=1S/C15H22N2O2/c1-10-5-4-6-14(12(10)3)17-11(2)9-16-13(7-8-18)15(17)19/h4-6,11,13,16,18H,7-9H2,1-3H3. The summed E-state index contributed by atoms with van der Waals surface area (Å²) in [5.41, 5.74) is 3.32. The van der Waals surface area contributed by atoms with Gasteiger partial charge in [-0.2, -0.15) is 0 Å². The lowest BCUT2D eigenvalue weighted by Gasteiger charge is -2.39. The number of aryl methyl sites for hydroxylation is 1. The Balaban J connectivity index is 2.35. The number of piperazine rings is 1. The molecular formula is C15H22N2O2. The van der Waals surface area contributed by atoms with Gasteiger partial charge in [0.25, 0.3) is 0 Å². The lowest BCUT2D eigenvalue weighted by atomic mass is 10.0. The fourth-order valence-corrected chi connectivity index (χ4v) is 2.58. The number of benzene rings is 1. The molecule has 4 nitrogen and oxygen atoms in total. The van der Waals surface area contributed by atoms with Gasteiger partial charge >= 0.3 is 0 Å². The number of anilines is 1. The average molecular weight is 262 g/mol. The Bertz CT molecular complexity index is 473. The Labute approximate surface area is 114 Å². The number of nitrogens with zero attached hydrogens (tertiary/aromatic N) is 1.